The Balaban J connectivity index is 1.49. The summed E-state index contributed by atoms with van der Waals surface area (Å²) in [4.78, 5) is 5.46. The minimum Gasteiger partial charge on any atom is -0.462 e. The van der Waals surface area contributed by atoms with E-state index in [0.29, 0.717) is 12.6 Å². The Morgan fingerprint density at radius 3 is 2.83 bits per heavy atom. The molecule has 0 aliphatic carbocycles. The Labute approximate surface area is 139 Å². The van der Waals surface area contributed by atoms with Crippen LogP contribution in [0.15, 0.2) is 54.0 Å². The number of ether oxygens (including phenoxy) is 1. The van der Waals surface area contributed by atoms with E-state index in [2.05, 4.69) is 27.0 Å². The fourth-order valence-electron chi connectivity index (χ4n) is 1.92. The van der Waals surface area contributed by atoms with Crippen molar-refractivity contribution in [3.05, 3.63) is 58.9 Å². The van der Waals surface area contributed by atoms with Gasteiger partial charge in [-0.3, -0.25) is 0 Å². The molecule has 4 nitrogen and oxygen atoms in total. The molecule has 0 aliphatic heterocycles. The molecule has 3 rings (SSSR count). The van der Waals surface area contributed by atoms with Gasteiger partial charge in [0.05, 0.1) is 23.4 Å². The maximum absolute atomic E-state index is 5.56. The van der Waals surface area contributed by atoms with Crippen molar-refractivity contribution >= 4 is 11.3 Å². The second-order valence-corrected chi connectivity index (χ2v) is 5.67. The van der Waals surface area contributed by atoms with Crippen LogP contribution in [-0.4, -0.2) is 21.8 Å². The van der Waals surface area contributed by atoms with E-state index in [1.807, 2.05) is 47.8 Å². The zero-order valence-electron chi connectivity index (χ0n) is 12.5. The highest BCUT2D eigenvalue weighted by Gasteiger charge is 2.03. The first-order chi connectivity index (χ1) is 11.4. The van der Waals surface area contributed by atoms with E-state index < -0.39 is 0 Å². The third kappa shape index (κ3) is 4.63. The van der Waals surface area contributed by atoms with Crippen LogP contribution in [0.25, 0.3) is 11.3 Å². The maximum atomic E-state index is 5.56. The van der Waals surface area contributed by atoms with E-state index in [1.54, 1.807) is 17.5 Å². The maximum Gasteiger partial charge on any atom is 0.336 e. The number of hydrogen-bond acceptors (Lipinski definition) is 5. The molecule has 0 unspecified atom stereocenters. The van der Waals surface area contributed by atoms with Gasteiger partial charge in [-0.05, 0) is 17.9 Å². The standard InChI is InChI=1S/C18H15N3OS/c1-3-8-15(9-4-1)17-14-19-21-18(20-17)22-12-6-2-5-10-16-11-7-13-23-16/h1,3-4,7-9,11,13-14H,2,6,12H2. The zero-order valence-corrected chi connectivity index (χ0v) is 13.3. The van der Waals surface area contributed by atoms with Crippen LogP contribution in [0.3, 0.4) is 0 Å². The number of rotatable bonds is 5. The van der Waals surface area contributed by atoms with Gasteiger partial charge in [-0.2, -0.15) is 10.1 Å². The number of unbranched alkanes of at least 4 members (excludes halogenated alkanes) is 1. The monoisotopic (exact) mass is 321 g/mol. The van der Waals surface area contributed by atoms with Crippen molar-refractivity contribution in [2.75, 3.05) is 6.61 Å². The van der Waals surface area contributed by atoms with Crippen molar-refractivity contribution in [1.82, 2.24) is 15.2 Å². The predicted molar refractivity (Wildman–Crippen MR) is 91.2 cm³/mol. The first kappa shape index (κ1) is 15.2. The van der Waals surface area contributed by atoms with Crippen molar-refractivity contribution in [1.29, 1.82) is 0 Å². The van der Waals surface area contributed by atoms with Gasteiger partial charge in [0.15, 0.2) is 0 Å². The third-order valence-corrected chi connectivity index (χ3v) is 3.80. The minimum atomic E-state index is 0.303. The SMILES string of the molecule is C(#Cc1cccs1)CCCOc1nncc(-c2ccccc2)n1. The van der Waals surface area contributed by atoms with Crippen LogP contribution in [0.4, 0.5) is 0 Å². The lowest BCUT2D eigenvalue weighted by Gasteiger charge is -2.04. The van der Waals surface area contributed by atoms with E-state index in [0.717, 1.165) is 29.0 Å². The predicted octanol–water partition coefficient (Wildman–Crippen LogP) is 3.81. The summed E-state index contributed by atoms with van der Waals surface area (Å²) in [7, 11) is 0. The summed E-state index contributed by atoms with van der Waals surface area (Å²) in [6, 6.07) is 14.2. The molecule has 23 heavy (non-hydrogen) atoms. The molecule has 0 radical (unpaired) electrons. The van der Waals surface area contributed by atoms with Gasteiger partial charge < -0.3 is 4.74 Å². The lowest BCUT2D eigenvalue weighted by molar-refractivity contribution is 0.284. The molecular formula is C18H15N3OS. The van der Waals surface area contributed by atoms with Crippen LogP contribution in [0.5, 0.6) is 6.01 Å². The molecule has 0 saturated heterocycles. The number of hydrogen-bond donors (Lipinski definition) is 0. The highest BCUT2D eigenvalue weighted by Crippen LogP contribution is 2.16. The normalized spacial score (nSPS) is 9.91. The van der Waals surface area contributed by atoms with E-state index in [4.69, 9.17) is 4.74 Å². The van der Waals surface area contributed by atoms with E-state index in [-0.39, 0.29) is 0 Å². The highest BCUT2D eigenvalue weighted by molar-refractivity contribution is 7.10. The average molecular weight is 321 g/mol. The fraction of sp³-hybridized carbons (Fsp3) is 0.167. The third-order valence-electron chi connectivity index (χ3n) is 3.02. The van der Waals surface area contributed by atoms with Crippen LogP contribution < -0.4 is 4.74 Å². The van der Waals surface area contributed by atoms with Crippen molar-refractivity contribution in [2.24, 2.45) is 0 Å². The molecule has 0 saturated carbocycles. The highest BCUT2D eigenvalue weighted by atomic mass is 32.1. The van der Waals surface area contributed by atoms with Crippen molar-refractivity contribution in [3.8, 4) is 29.1 Å². The average Bonchev–Trinajstić information content (AvgIpc) is 3.12. The lowest BCUT2D eigenvalue weighted by Crippen LogP contribution is -2.02. The largest absolute Gasteiger partial charge is 0.462 e. The van der Waals surface area contributed by atoms with E-state index in [9.17, 15) is 0 Å². The second-order valence-electron chi connectivity index (χ2n) is 4.72. The molecule has 0 bridgehead atoms. The summed E-state index contributed by atoms with van der Waals surface area (Å²) in [6.45, 7) is 0.527. The van der Waals surface area contributed by atoms with Gasteiger partial charge in [0.25, 0.3) is 0 Å². The number of thiophene rings is 1. The van der Waals surface area contributed by atoms with Gasteiger partial charge in [-0.1, -0.05) is 53.3 Å². The first-order valence-corrected chi connectivity index (χ1v) is 8.20. The molecule has 0 spiro atoms. The summed E-state index contributed by atoms with van der Waals surface area (Å²) in [6.07, 6.45) is 3.25. The molecule has 2 aromatic heterocycles. The summed E-state index contributed by atoms with van der Waals surface area (Å²) in [5, 5.41) is 9.88. The molecule has 0 aliphatic rings. The number of nitrogens with zero attached hydrogens (tertiary/aromatic N) is 3. The molecule has 0 N–H and O–H groups in total. The second kappa shape index (κ2) is 8.06. The van der Waals surface area contributed by atoms with Crippen LogP contribution in [0.2, 0.25) is 0 Å². The summed E-state index contributed by atoms with van der Waals surface area (Å²) in [5.74, 6) is 6.26. The number of benzene rings is 1. The molecular weight excluding hydrogens is 306 g/mol. The van der Waals surface area contributed by atoms with Crippen molar-refractivity contribution < 1.29 is 4.74 Å². The van der Waals surface area contributed by atoms with Crippen LogP contribution in [0, 0.1) is 11.8 Å². The molecule has 5 heteroatoms. The van der Waals surface area contributed by atoms with Crippen LogP contribution >= 0.6 is 11.3 Å². The Bertz CT molecular complexity index is 792. The topological polar surface area (TPSA) is 47.9 Å². The van der Waals surface area contributed by atoms with Crippen LogP contribution in [-0.2, 0) is 0 Å². The summed E-state index contributed by atoms with van der Waals surface area (Å²) < 4.78 is 5.56. The Kier molecular flexibility index (Phi) is 5.33. The lowest BCUT2D eigenvalue weighted by atomic mass is 10.2. The van der Waals surface area contributed by atoms with Gasteiger partial charge in [0.2, 0.25) is 0 Å². The summed E-state index contributed by atoms with van der Waals surface area (Å²) >= 11 is 1.65. The van der Waals surface area contributed by atoms with Crippen molar-refractivity contribution in [2.45, 2.75) is 12.8 Å². The van der Waals surface area contributed by atoms with Gasteiger partial charge in [-0.15, -0.1) is 11.3 Å². The van der Waals surface area contributed by atoms with Gasteiger partial charge in [0, 0.05) is 12.0 Å². The molecule has 3 aromatic rings. The molecule has 114 valence electrons. The Hall–Kier alpha value is -2.71. The van der Waals surface area contributed by atoms with E-state index >= 15 is 0 Å². The zero-order chi connectivity index (χ0) is 15.7. The number of aromatic nitrogens is 3. The molecule has 1 aromatic carbocycles. The van der Waals surface area contributed by atoms with Gasteiger partial charge in [0.1, 0.15) is 0 Å². The molecule has 0 fully saturated rings. The van der Waals surface area contributed by atoms with Gasteiger partial charge in [-0.25, -0.2) is 0 Å². The Morgan fingerprint density at radius 1 is 1.09 bits per heavy atom. The summed E-state index contributed by atoms with van der Waals surface area (Å²) in [5.41, 5.74) is 1.75. The fourth-order valence-corrected chi connectivity index (χ4v) is 2.51. The van der Waals surface area contributed by atoms with E-state index in [1.165, 1.54) is 0 Å². The smallest absolute Gasteiger partial charge is 0.336 e. The van der Waals surface area contributed by atoms with Crippen molar-refractivity contribution in [3.63, 3.8) is 0 Å². The Morgan fingerprint density at radius 2 is 2.00 bits per heavy atom. The van der Waals surface area contributed by atoms with Crippen LogP contribution in [0.1, 0.15) is 17.7 Å². The minimum absolute atomic E-state index is 0.303. The first-order valence-electron chi connectivity index (χ1n) is 7.32. The molecule has 0 atom stereocenters. The molecule has 2 heterocycles. The van der Waals surface area contributed by atoms with Gasteiger partial charge >= 0.3 is 6.01 Å². The molecule has 0 amide bonds. The quantitative estimate of drug-likeness (QED) is 0.529.